The van der Waals surface area contributed by atoms with Gasteiger partial charge in [-0.2, -0.15) is 0 Å². The fraction of sp³-hybridized carbons (Fsp3) is 0.545. The van der Waals surface area contributed by atoms with Gasteiger partial charge in [0.1, 0.15) is 6.33 Å². The van der Waals surface area contributed by atoms with E-state index in [1.165, 1.54) is 18.7 Å². The van der Waals surface area contributed by atoms with Crippen molar-refractivity contribution in [1.82, 2.24) is 15.3 Å². The number of amides is 1. The van der Waals surface area contributed by atoms with Gasteiger partial charge < -0.3 is 11.1 Å². The van der Waals surface area contributed by atoms with Gasteiger partial charge in [0.2, 0.25) is 0 Å². The number of hydrogen-bond donors (Lipinski definition) is 2. The number of hydrogen-bond acceptors (Lipinski definition) is 4. The highest BCUT2D eigenvalue weighted by atomic mass is 16.1. The summed E-state index contributed by atoms with van der Waals surface area (Å²) in [6.07, 6.45) is 5.25. The molecule has 1 atom stereocenters. The number of carbonyl (C=O) groups is 1. The maximum Gasteiger partial charge on any atom is 0.254 e. The molecule has 0 aliphatic heterocycles. The quantitative estimate of drug-likeness (QED) is 0.763. The van der Waals surface area contributed by atoms with Crippen LogP contribution in [0, 0.1) is 5.92 Å². The Morgan fingerprint density at radius 3 is 2.56 bits per heavy atom. The summed E-state index contributed by atoms with van der Waals surface area (Å²) in [4.78, 5) is 19.3. The van der Waals surface area contributed by atoms with Crippen LogP contribution in [-0.2, 0) is 0 Å². The van der Waals surface area contributed by atoms with E-state index in [0.717, 1.165) is 6.42 Å². The van der Waals surface area contributed by atoms with Gasteiger partial charge in [-0.25, -0.2) is 9.97 Å². The molecule has 1 rings (SSSR count). The molecule has 1 aromatic heterocycles. The number of nitrogens with zero attached hydrogens (tertiary/aromatic N) is 2. The third-order valence-corrected chi connectivity index (χ3v) is 2.20. The van der Waals surface area contributed by atoms with Gasteiger partial charge in [-0.1, -0.05) is 13.8 Å². The number of nitrogens with two attached hydrogens (primary N) is 1. The van der Waals surface area contributed by atoms with Crippen LogP contribution in [0.3, 0.4) is 0 Å². The third-order valence-electron chi connectivity index (χ3n) is 2.20. The molecule has 5 heteroatoms. The SMILES string of the molecule is CC(C)CC(CN)NC(=O)c1cncnc1. The van der Waals surface area contributed by atoms with Crippen LogP contribution in [-0.4, -0.2) is 28.5 Å². The molecule has 3 N–H and O–H groups in total. The zero-order valence-corrected chi connectivity index (χ0v) is 9.68. The Morgan fingerprint density at radius 2 is 2.06 bits per heavy atom. The average Bonchev–Trinajstić information content (AvgIpc) is 2.28. The predicted octanol–water partition coefficient (Wildman–Crippen LogP) is 0.580. The minimum atomic E-state index is -0.170. The second-order valence-corrected chi connectivity index (χ2v) is 4.16. The molecule has 1 aromatic rings. The largest absolute Gasteiger partial charge is 0.348 e. The molecule has 0 aliphatic carbocycles. The second kappa shape index (κ2) is 6.17. The Morgan fingerprint density at radius 1 is 1.44 bits per heavy atom. The molecule has 16 heavy (non-hydrogen) atoms. The summed E-state index contributed by atoms with van der Waals surface area (Å²) in [5.41, 5.74) is 6.06. The predicted molar refractivity (Wildman–Crippen MR) is 61.8 cm³/mol. The van der Waals surface area contributed by atoms with Crippen molar-refractivity contribution in [3.63, 3.8) is 0 Å². The van der Waals surface area contributed by atoms with E-state index < -0.39 is 0 Å². The summed E-state index contributed by atoms with van der Waals surface area (Å²) in [5.74, 6) is 0.331. The van der Waals surface area contributed by atoms with Crippen LogP contribution in [0.1, 0.15) is 30.6 Å². The summed E-state index contributed by atoms with van der Waals surface area (Å²) >= 11 is 0. The van der Waals surface area contributed by atoms with Crippen molar-refractivity contribution in [2.75, 3.05) is 6.54 Å². The molecule has 5 nitrogen and oxygen atoms in total. The highest BCUT2D eigenvalue weighted by molar-refractivity contribution is 5.93. The molecule has 1 unspecified atom stereocenters. The van der Waals surface area contributed by atoms with E-state index in [1.807, 2.05) is 0 Å². The summed E-state index contributed by atoms with van der Waals surface area (Å²) in [6.45, 7) is 4.64. The number of nitrogens with one attached hydrogen (secondary N) is 1. The van der Waals surface area contributed by atoms with Crippen molar-refractivity contribution in [2.45, 2.75) is 26.3 Å². The van der Waals surface area contributed by atoms with Gasteiger partial charge in [-0.15, -0.1) is 0 Å². The van der Waals surface area contributed by atoms with Crippen molar-refractivity contribution >= 4 is 5.91 Å². The number of aromatic nitrogens is 2. The number of rotatable bonds is 5. The lowest BCUT2D eigenvalue weighted by Gasteiger charge is -2.18. The molecule has 1 heterocycles. The zero-order valence-electron chi connectivity index (χ0n) is 9.68. The number of carbonyl (C=O) groups excluding carboxylic acids is 1. The first-order valence-electron chi connectivity index (χ1n) is 5.39. The van der Waals surface area contributed by atoms with Gasteiger partial charge in [0.15, 0.2) is 0 Å². The molecule has 0 spiro atoms. The van der Waals surface area contributed by atoms with Crippen molar-refractivity contribution in [2.24, 2.45) is 11.7 Å². The zero-order chi connectivity index (χ0) is 12.0. The van der Waals surface area contributed by atoms with E-state index >= 15 is 0 Å². The van der Waals surface area contributed by atoms with Crippen molar-refractivity contribution in [1.29, 1.82) is 0 Å². The van der Waals surface area contributed by atoms with Gasteiger partial charge in [0.25, 0.3) is 5.91 Å². The van der Waals surface area contributed by atoms with Gasteiger partial charge in [-0.3, -0.25) is 4.79 Å². The van der Waals surface area contributed by atoms with Crippen molar-refractivity contribution in [3.8, 4) is 0 Å². The van der Waals surface area contributed by atoms with Crippen LogP contribution < -0.4 is 11.1 Å². The maximum atomic E-state index is 11.7. The molecular weight excluding hydrogens is 204 g/mol. The van der Waals surface area contributed by atoms with Crippen LogP contribution >= 0.6 is 0 Å². The molecule has 0 bridgehead atoms. The van der Waals surface area contributed by atoms with Crippen molar-refractivity contribution < 1.29 is 4.79 Å². The molecule has 1 amide bonds. The van der Waals surface area contributed by atoms with Gasteiger partial charge in [0.05, 0.1) is 5.56 Å². The standard InChI is InChI=1S/C11H18N4O/c1-8(2)3-10(4-12)15-11(16)9-5-13-7-14-6-9/h5-8,10H,3-4,12H2,1-2H3,(H,15,16). The van der Waals surface area contributed by atoms with Gasteiger partial charge >= 0.3 is 0 Å². The first-order chi connectivity index (χ1) is 7.63. The lowest BCUT2D eigenvalue weighted by atomic mass is 10.0. The highest BCUT2D eigenvalue weighted by Crippen LogP contribution is 2.04. The van der Waals surface area contributed by atoms with E-state index in [9.17, 15) is 4.79 Å². The highest BCUT2D eigenvalue weighted by Gasteiger charge is 2.13. The molecule has 0 fully saturated rings. The van der Waals surface area contributed by atoms with Crippen LogP contribution in [0.2, 0.25) is 0 Å². The molecule has 0 aromatic carbocycles. The topological polar surface area (TPSA) is 80.9 Å². The lowest BCUT2D eigenvalue weighted by molar-refractivity contribution is 0.0933. The Balaban J connectivity index is 2.56. The molecule has 0 saturated heterocycles. The van der Waals surface area contributed by atoms with Gasteiger partial charge in [-0.05, 0) is 12.3 Å². The van der Waals surface area contributed by atoms with E-state index in [2.05, 4.69) is 29.1 Å². The minimum absolute atomic E-state index is 0.00714. The minimum Gasteiger partial charge on any atom is -0.348 e. The first kappa shape index (κ1) is 12.6. The molecule has 0 aliphatic rings. The monoisotopic (exact) mass is 222 g/mol. The Labute approximate surface area is 95.5 Å². The van der Waals surface area contributed by atoms with Crippen molar-refractivity contribution in [3.05, 3.63) is 24.3 Å². The smallest absolute Gasteiger partial charge is 0.254 e. The summed E-state index contributed by atoms with van der Waals surface area (Å²) < 4.78 is 0. The molecular formula is C11H18N4O. The average molecular weight is 222 g/mol. The Kier molecular flexibility index (Phi) is 4.85. The van der Waals surface area contributed by atoms with E-state index in [1.54, 1.807) is 0 Å². The van der Waals surface area contributed by atoms with Crippen LogP contribution in [0.15, 0.2) is 18.7 Å². The summed E-state index contributed by atoms with van der Waals surface area (Å²) in [6, 6.07) is 0.00714. The second-order valence-electron chi connectivity index (χ2n) is 4.16. The lowest BCUT2D eigenvalue weighted by Crippen LogP contribution is -2.41. The molecule has 0 saturated carbocycles. The molecule has 0 radical (unpaired) electrons. The summed E-state index contributed by atoms with van der Waals surface area (Å²) in [5, 5.41) is 2.87. The maximum absolute atomic E-state index is 11.7. The summed E-state index contributed by atoms with van der Waals surface area (Å²) in [7, 11) is 0. The van der Waals surface area contributed by atoms with Gasteiger partial charge in [0, 0.05) is 25.0 Å². The van der Waals surface area contributed by atoms with E-state index in [4.69, 9.17) is 5.73 Å². The van der Waals surface area contributed by atoms with E-state index in [-0.39, 0.29) is 11.9 Å². The van der Waals surface area contributed by atoms with E-state index in [0.29, 0.717) is 18.0 Å². The normalized spacial score (nSPS) is 12.5. The van der Waals surface area contributed by atoms with Crippen LogP contribution in [0.4, 0.5) is 0 Å². The third kappa shape index (κ3) is 3.94. The fourth-order valence-electron chi connectivity index (χ4n) is 1.47. The Hall–Kier alpha value is -1.49. The Bertz CT molecular complexity index is 326. The van der Waals surface area contributed by atoms with Crippen LogP contribution in [0.25, 0.3) is 0 Å². The first-order valence-corrected chi connectivity index (χ1v) is 5.39. The molecule has 88 valence electrons. The van der Waals surface area contributed by atoms with Crippen LogP contribution in [0.5, 0.6) is 0 Å². The fourth-order valence-corrected chi connectivity index (χ4v) is 1.47.